The summed E-state index contributed by atoms with van der Waals surface area (Å²) in [7, 11) is 3.78. The minimum absolute atomic E-state index is 0.126. The SMILES string of the molecule is CNCC(OC1CCCC(OC)C1)c1ccc(C)cc1. The van der Waals surface area contributed by atoms with Gasteiger partial charge in [-0.2, -0.15) is 0 Å². The summed E-state index contributed by atoms with van der Waals surface area (Å²) < 4.78 is 11.8. The van der Waals surface area contributed by atoms with Crippen molar-refractivity contribution in [2.75, 3.05) is 20.7 Å². The normalized spacial score (nSPS) is 24.6. The smallest absolute Gasteiger partial charge is 0.0952 e. The van der Waals surface area contributed by atoms with Gasteiger partial charge in [-0.3, -0.25) is 0 Å². The van der Waals surface area contributed by atoms with Gasteiger partial charge in [-0.05, 0) is 45.2 Å². The van der Waals surface area contributed by atoms with E-state index in [1.165, 1.54) is 17.5 Å². The first-order chi connectivity index (χ1) is 9.72. The summed E-state index contributed by atoms with van der Waals surface area (Å²) in [6, 6.07) is 8.66. The van der Waals surface area contributed by atoms with Gasteiger partial charge in [0.25, 0.3) is 0 Å². The predicted molar refractivity (Wildman–Crippen MR) is 82.0 cm³/mol. The van der Waals surface area contributed by atoms with E-state index in [1.807, 2.05) is 7.05 Å². The van der Waals surface area contributed by atoms with Crippen molar-refractivity contribution in [3.63, 3.8) is 0 Å². The molecular weight excluding hydrogens is 250 g/mol. The van der Waals surface area contributed by atoms with Crippen molar-refractivity contribution in [2.24, 2.45) is 0 Å². The largest absolute Gasteiger partial charge is 0.381 e. The number of ether oxygens (including phenoxy) is 2. The van der Waals surface area contributed by atoms with Gasteiger partial charge in [0.2, 0.25) is 0 Å². The van der Waals surface area contributed by atoms with Crippen molar-refractivity contribution < 1.29 is 9.47 Å². The summed E-state index contributed by atoms with van der Waals surface area (Å²) in [5.74, 6) is 0. The van der Waals surface area contributed by atoms with E-state index in [-0.39, 0.29) is 6.10 Å². The Balaban J connectivity index is 1.99. The molecule has 1 fully saturated rings. The van der Waals surface area contributed by atoms with Crippen LogP contribution in [0.4, 0.5) is 0 Å². The number of methoxy groups -OCH3 is 1. The first-order valence-corrected chi connectivity index (χ1v) is 7.62. The second-order valence-corrected chi connectivity index (χ2v) is 5.74. The molecule has 3 atom stereocenters. The predicted octanol–water partition coefficient (Wildman–Crippen LogP) is 3.23. The van der Waals surface area contributed by atoms with Crippen LogP contribution in [0, 0.1) is 6.92 Å². The maximum atomic E-state index is 6.35. The van der Waals surface area contributed by atoms with Crippen molar-refractivity contribution in [1.29, 1.82) is 0 Å². The number of aryl methyl sites for hydroxylation is 1. The fourth-order valence-corrected chi connectivity index (χ4v) is 2.88. The molecule has 3 nitrogen and oxygen atoms in total. The number of rotatable bonds is 6. The lowest BCUT2D eigenvalue weighted by atomic mass is 9.94. The van der Waals surface area contributed by atoms with Gasteiger partial charge in [-0.25, -0.2) is 0 Å². The molecule has 0 aromatic heterocycles. The summed E-state index contributed by atoms with van der Waals surface area (Å²) in [5.41, 5.74) is 2.54. The van der Waals surface area contributed by atoms with E-state index in [9.17, 15) is 0 Å². The average molecular weight is 277 g/mol. The van der Waals surface area contributed by atoms with Gasteiger partial charge in [0.05, 0.1) is 18.3 Å². The van der Waals surface area contributed by atoms with Gasteiger partial charge >= 0.3 is 0 Å². The molecule has 0 spiro atoms. The Morgan fingerprint density at radius 1 is 1.20 bits per heavy atom. The fourth-order valence-electron chi connectivity index (χ4n) is 2.88. The maximum Gasteiger partial charge on any atom is 0.0952 e. The van der Waals surface area contributed by atoms with Gasteiger partial charge in [0.1, 0.15) is 0 Å². The Kier molecular flexibility index (Phi) is 6.02. The molecule has 1 aliphatic rings. The van der Waals surface area contributed by atoms with Gasteiger partial charge < -0.3 is 14.8 Å². The molecule has 20 heavy (non-hydrogen) atoms. The Bertz CT molecular complexity index is 390. The topological polar surface area (TPSA) is 30.5 Å². The summed E-state index contributed by atoms with van der Waals surface area (Å²) in [5, 5.41) is 3.24. The molecule has 1 N–H and O–H groups in total. The van der Waals surface area contributed by atoms with E-state index < -0.39 is 0 Å². The van der Waals surface area contributed by atoms with Crippen molar-refractivity contribution in [1.82, 2.24) is 5.32 Å². The minimum Gasteiger partial charge on any atom is -0.381 e. The molecule has 0 radical (unpaired) electrons. The molecule has 1 saturated carbocycles. The minimum atomic E-state index is 0.126. The monoisotopic (exact) mass is 277 g/mol. The Labute approximate surface area is 122 Å². The third-order valence-corrected chi connectivity index (χ3v) is 4.11. The first kappa shape index (κ1) is 15.5. The molecule has 0 amide bonds. The van der Waals surface area contributed by atoms with Crippen molar-refractivity contribution in [2.45, 2.75) is 50.9 Å². The summed E-state index contributed by atoms with van der Waals surface area (Å²) >= 11 is 0. The molecule has 0 aliphatic heterocycles. The highest BCUT2D eigenvalue weighted by molar-refractivity contribution is 5.23. The number of hydrogen-bond donors (Lipinski definition) is 1. The molecule has 3 unspecified atom stereocenters. The summed E-state index contributed by atoms with van der Waals surface area (Å²) in [6.45, 7) is 2.96. The molecule has 2 rings (SSSR count). The quantitative estimate of drug-likeness (QED) is 0.866. The van der Waals surface area contributed by atoms with Gasteiger partial charge in [0, 0.05) is 13.7 Å². The van der Waals surface area contributed by atoms with E-state index in [1.54, 1.807) is 7.11 Å². The van der Waals surface area contributed by atoms with Crippen LogP contribution in [0.25, 0.3) is 0 Å². The van der Waals surface area contributed by atoms with Gasteiger partial charge in [-0.15, -0.1) is 0 Å². The second kappa shape index (κ2) is 7.77. The molecule has 1 aromatic rings. The van der Waals surface area contributed by atoms with Gasteiger partial charge in [-0.1, -0.05) is 29.8 Å². The number of likely N-dealkylation sites (N-methyl/N-ethyl adjacent to an activating group) is 1. The van der Waals surface area contributed by atoms with Gasteiger partial charge in [0.15, 0.2) is 0 Å². The highest BCUT2D eigenvalue weighted by Crippen LogP contribution is 2.28. The number of hydrogen-bond acceptors (Lipinski definition) is 3. The highest BCUT2D eigenvalue weighted by Gasteiger charge is 2.25. The number of nitrogens with one attached hydrogen (secondary N) is 1. The van der Waals surface area contributed by atoms with Crippen molar-refractivity contribution in [3.8, 4) is 0 Å². The van der Waals surface area contributed by atoms with Crippen LogP contribution >= 0.6 is 0 Å². The van der Waals surface area contributed by atoms with Crippen LogP contribution in [0.1, 0.15) is 42.9 Å². The first-order valence-electron chi connectivity index (χ1n) is 7.62. The zero-order valence-electron chi connectivity index (χ0n) is 12.9. The van der Waals surface area contributed by atoms with Crippen LogP contribution in [-0.2, 0) is 9.47 Å². The van der Waals surface area contributed by atoms with E-state index in [4.69, 9.17) is 9.47 Å². The lowest BCUT2D eigenvalue weighted by molar-refractivity contribution is -0.0651. The van der Waals surface area contributed by atoms with Crippen LogP contribution in [-0.4, -0.2) is 32.9 Å². The van der Waals surface area contributed by atoms with E-state index in [2.05, 4.69) is 36.5 Å². The molecule has 3 heteroatoms. The third kappa shape index (κ3) is 4.30. The average Bonchev–Trinajstić information content (AvgIpc) is 2.48. The van der Waals surface area contributed by atoms with E-state index in [0.717, 1.165) is 25.8 Å². The van der Waals surface area contributed by atoms with Crippen LogP contribution in [0.2, 0.25) is 0 Å². The molecular formula is C17H27NO2. The fraction of sp³-hybridized carbons (Fsp3) is 0.647. The van der Waals surface area contributed by atoms with Crippen LogP contribution in [0.3, 0.4) is 0 Å². The zero-order valence-corrected chi connectivity index (χ0v) is 12.9. The number of benzene rings is 1. The standard InChI is InChI=1S/C17H27NO2/c1-13-7-9-14(10-8-13)17(12-18-2)20-16-6-4-5-15(11-16)19-3/h7-10,15-18H,4-6,11-12H2,1-3H3. The molecule has 112 valence electrons. The highest BCUT2D eigenvalue weighted by atomic mass is 16.5. The van der Waals surface area contributed by atoms with Crippen LogP contribution < -0.4 is 5.32 Å². The Hall–Kier alpha value is -0.900. The Morgan fingerprint density at radius 2 is 1.90 bits per heavy atom. The maximum absolute atomic E-state index is 6.35. The van der Waals surface area contributed by atoms with Crippen molar-refractivity contribution in [3.05, 3.63) is 35.4 Å². The van der Waals surface area contributed by atoms with Crippen molar-refractivity contribution >= 4 is 0 Å². The molecule has 0 bridgehead atoms. The molecule has 0 heterocycles. The van der Waals surface area contributed by atoms with E-state index in [0.29, 0.717) is 12.2 Å². The molecule has 1 aliphatic carbocycles. The Morgan fingerprint density at radius 3 is 2.55 bits per heavy atom. The zero-order chi connectivity index (χ0) is 14.4. The van der Waals surface area contributed by atoms with E-state index >= 15 is 0 Å². The van der Waals surface area contributed by atoms with Crippen LogP contribution in [0.5, 0.6) is 0 Å². The third-order valence-electron chi connectivity index (χ3n) is 4.11. The second-order valence-electron chi connectivity index (χ2n) is 5.74. The summed E-state index contributed by atoms with van der Waals surface area (Å²) in [4.78, 5) is 0. The van der Waals surface area contributed by atoms with Crippen LogP contribution in [0.15, 0.2) is 24.3 Å². The molecule has 0 saturated heterocycles. The lowest BCUT2D eigenvalue weighted by Crippen LogP contribution is -2.31. The summed E-state index contributed by atoms with van der Waals surface area (Å²) in [6.07, 6.45) is 5.33. The lowest BCUT2D eigenvalue weighted by Gasteiger charge is -2.31. The molecule has 1 aromatic carbocycles.